The Morgan fingerprint density at radius 2 is 2.33 bits per heavy atom. The SMILES string of the molecule is CNCC1CCN(C(C)c2ccc(Br)cc2Cl)C1. The first-order valence-electron chi connectivity index (χ1n) is 6.45. The molecule has 2 nitrogen and oxygen atoms in total. The highest BCUT2D eigenvalue weighted by Gasteiger charge is 2.27. The molecule has 0 aromatic heterocycles. The summed E-state index contributed by atoms with van der Waals surface area (Å²) in [5.74, 6) is 0.770. The van der Waals surface area contributed by atoms with E-state index >= 15 is 0 Å². The minimum Gasteiger partial charge on any atom is -0.319 e. The largest absolute Gasteiger partial charge is 0.319 e. The monoisotopic (exact) mass is 330 g/mol. The van der Waals surface area contributed by atoms with Crippen LogP contribution < -0.4 is 5.32 Å². The van der Waals surface area contributed by atoms with Gasteiger partial charge in [-0.2, -0.15) is 0 Å². The van der Waals surface area contributed by atoms with Crippen molar-refractivity contribution in [3.05, 3.63) is 33.3 Å². The standard InChI is InChI=1S/C14H20BrClN2/c1-10(13-4-3-12(15)7-14(13)16)18-6-5-11(9-18)8-17-2/h3-4,7,10-11,17H,5-6,8-9H2,1-2H3. The Morgan fingerprint density at radius 3 is 3.00 bits per heavy atom. The summed E-state index contributed by atoms with van der Waals surface area (Å²) in [6, 6.07) is 6.57. The zero-order valence-corrected chi connectivity index (χ0v) is 13.3. The Bertz CT molecular complexity index is 411. The highest BCUT2D eigenvalue weighted by atomic mass is 79.9. The van der Waals surface area contributed by atoms with Gasteiger partial charge in [0.1, 0.15) is 0 Å². The number of halogens is 2. The maximum atomic E-state index is 6.33. The second-order valence-corrected chi connectivity index (χ2v) is 6.37. The Labute approximate surface area is 123 Å². The van der Waals surface area contributed by atoms with Crippen LogP contribution in [0.1, 0.15) is 24.9 Å². The maximum Gasteiger partial charge on any atom is 0.0464 e. The minimum atomic E-state index is 0.396. The molecule has 1 aliphatic heterocycles. The molecule has 1 aromatic rings. The molecule has 1 saturated heterocycles. The molecule has 2 rings (SSSR count). The molecule has 4 heteroatoms. The van der Waals surface area contributed by atoms with Crippen molar-refractivity contribution in [2.75, 3.05) is 26.7 Å². The Balaban J connectivity index is 2.05. The van der Waals surface area contributed by atoms with E-state index in [4.69, 9.17) is 11.6 Å². The molecule has 1 N–H and O–H groups in total. The summed E-state index contributed by atoms with van der Waals surface area (Å²) in [4.78, 5) is 2.52. The first kappa shape index (κ1) is 14.3. The molecule has 0 aliphatic carbocycles. The molecular weight excluding hydrogens is 312 g/mol. The lowest BCUT2D eigenvalue weighted by Gasteiger charge is -2.25. The fraction of sp³-hybridized carbons (Fsp3) is 0.571. The van der Waals surface area contributed by atoms with Gasteiger partial charge in [0.25, 0.3) is 0 Å². The smallest absolute Gasteiger partial charge is 0.0464 e. The molecule has 0 bridgehead atoms. The van der Waals surface area contributed by atoms with Crippen molar-refractivity contribution in [3.63, 3.8) is 0 Å². The lowest BCUT2D eigenvalue weighted by molar-refractivity contribution is 0.252. The van der Waals surface area contributed by atoms with Crippen molar-refractivity contribution in [2.45, 2.75) is 19.4 Å². The number of hydrogen-bond donors (Lipinski definition) is 1. The van der Waals surface area contributed by atoms with Crippen LogP contribution in [0.2, 0.25) is 5.02 Å². The summed E-state index contributed by atoms with van der Waals surface area (Å²) < 4.78 is 1.04. The van der Waals surface area contributed by atoms with Gasteiger partial charge < -0.3 is 5.32 Å². The fourth-order valence-corrected chi connectivity index (χ4v) is 3.54. The van der Waals surface area contributed by atoms with Gasteiger partial charge in [0.05, 0.1) is 0 Å². The molecule has 0 radical (unpaired) electrons. The number of benzene rings is 1. The van der Waals surface area contributed by atoms with Crippen molar-refractivity contribution in [1.82, 2.24) is 10.2 Å². The van der Waals surface area contributed by atoms with Gasteiger partial charge in [0.15, 0.2) is 0 Å². The van der Waals surface area contributed by atoms with Crippen molar-refractivity contribution in [2.24, 2.45) is 5.92 Å². The van der Waals surface area contributed by atoms with E-state index < -0.39 is 0 Å². The lowest BCUT2D eigenvalue weighted by Crippen LogP contribution is -2.27. The van der Waals surface area contributed by atoms with E-state index in [-0.39, 0.29) is 0 Å². The van der Waals surface area contributed by atoms with Gasteiger partial charge in [-0.3, -0.25) is 4.90 Å². The van der Waals surface area contributed by atoms with Crippen molar-refractivity contribution in [3.8, 4) is 0 Å². The third kappa shape index (κ3) is 3.27. The maximum absolute atomic E-state index is 6.33. The van der Waals surface area contributed by atoms with E-state index in [1.165, 1.54) is 18.5 Å². The average Bonchev–Trinajstić information content (AvgIpc) is 2.77. The minimum absolute atomic E-state index is 0.396. The Hall–Kier alpha value is -0.0900. The topological polar surface area (TPSA) is 15.3 Å². The van der Waals surface area contributed by atoms with E-state index in [9.17, 15) is 0 Å². The second-order valence-electron chi connectivity index (χ2n) is 5.05. The zero-order chi connectivity index (χ0) is 13.1. The molecule has 100 valence electrons. The van der Waals surface area contributed by atoms with E-state index in [1.807, 2.05) is 13.1 Å². The summed E-state index contributed by atoms with van der Waals surface area (Å²) in [7, 11) is 2.03. The molecule has 2 unspecified atom stereocenters. The summed E-state index contributed by atoms with van der Waals surface area (Å²) in [6.45, 7) is 5.68. The van der Waals surface area contributed by atoms with Crippen LogP contribution in [-0.2, 0) is 0 Å². The Morgan fingerprint density at radius 1 is 1.56 bits per heavy atom. The van der Waals surface area contributed by atoms with Gasteiger partial charge >= 0.3 is 0 Å². The fourth-order valence-electron chi connectivity index (χ4n) is 2.71. The van der Waals surface area contributed by atoms with Gasteiger partial charge in [-0.25, -0.2) is 0 Å². The summed E-state index contributed by atoms with van der Waals surface area (Å²) in [6.07, 6.45) is 1.28. The van der Waals surface area contributed by atoms with E-state index in [2.05, 4.69) is 45.2 Å². The predicted molar refractivity (Wildman–Crippen MR) is 81.2 cm³/mol. The zero-order valence-electron chi connectivity index (χ0n) is 10.9. The number of nitrogens with one attached hydrogen (secondary N) is 1. The molecule has 0 amide bonds. The molecule has 1 heterocycles. The first-order chi connectivity index (χ1) is 8.61. The average molecular weight is 332 g/mol. The molecule has 1 aromatic carbocycles. The van der Waals surface area contributed by atoms with Gasteiger partial charge in [-0.05, 0) is 57.1 Å². The van der Waals surface area contributed by atoms with Crippen LogP contribution in [0.25, 0.3) is 0 Å². The van der Waals surface area contributed by atoms with Crippen molar-refractivity contribution >= 4 is 27.5 Å². The van der Waals surface area contributed by atoms with Crippen LogP contribution in [0.15, 0.2) is 22.7 Å². The third-order valence-electron chi connectivity index (χ3n) is 3.77. The van der Waals surface area contributed by atoms with Crippen LogP contribution in [-0.4, -0.2) is 31.6 Å². The molecule has 2 atom stereocenters. The quantitative estimate of drug-likeness (QED) is 0.905. The van der Waals surface area contributed by atoms with Gasteiger partial charge in [0, 0.05) is 22.1 Å². The molecule has 18 heavy (non-hydrogen) atoms. The van der Waals surface area contributed by atoms with Crippen LogP contribution in [0.5, 0.6) is 0 Å². The summed E-state index contributed by atoms with van der Waals surface area (Å²) in [5.41, 5.74) is 1.23. The van der Waals surface area contributed by atoms with E-state index in [1.54, 1.807) is 0 Å². The van der Waals surface area contributed by atoms with Crippen LogP contribution in [0, 0.1) is 5.92 Å². The molecule has 0 saturated carbocycles. The molecule has 0 spiro atoms. The van der Waals surface area contributed by atoms with E-state index in [0.29, 0.717) is 6.04 Å². The van der Waals surface area contributed by atoms with Gasteiger partial charge in [0.2, 0.25) is 0 Å². The third-order valence-corrected chi connectivity index (χ3v) is 4.59. The van der Waals surface area contributed by atoms with Crippen molar-refractivity contribution < 1.29 is 0 Å². The Kier molecular flexibility index (Phi) is 5.07. The molecular formula is C14H20BrClN2. The van der Waals surface area contributed by atoms with Gasteiger partial charge in [-0.1, -0.05) is 33.6 Å². The highest BCUT2D eigenvalue weighted by Crippen LogP contribution is 2.32. The lowest BCUT2D eigenvalue weighted by atomic mass is 10.1. The number of rotatable bonds is 4. The number of nitrogens with zero attached hydrogens (tertiary/aromatic N) is 1. The van der Waals surface area contributed by atoms with Gasteiger partial charge in [-0.15, -0.1) is 0 Å². The van der Waals surface area contributed by atoms with E-state index in [0.717, 1.165) is 28.5 Å². The van der Waals surface area contributed by atoms with Crippen LogP contribution in [0.4, 0.5) is 0 Å². The first-order valence-corrected chi connectivity index (χ1v) is 7.62. The number of hydrogen-bond acceptors (Lipinski definition) is 2. The highest BCUT2D eigenvalue weighted by molar-refractivity contribution is 9.10. The molecule has 1 aliphatic rings. The van der Waals surface area contributed by atoms with Crippen molar-refractivity contribution in [1.29, 1.82) is 0 Å². The number of likely N-dealkylation sites (tertiary alicyclic amines) is 1. The predicted octanol–water partition coefficient (Wildman–Crippen LogP) is 3.70. The van der Waals surface area contributed by atoms with Crippen LogP contribution in [0.3, 0.4) is 0 Å². The summed E-state index contributed by atoms with van der Waals surface area (Å²) >= 11 is 9.78. The molecule has 1 fully saturated rings. The van der Waals surface area contributed by atoms with Crippen LogP contribution >= 0.6 is 27.5 Å². The second kappa shape index (κ2) is 6.38. The summed E-state index contributed by atoms with van der Waals surface area (Å²) in [5, 5.41) is 4.12. The normalized spacial score (nSPS) is 22.3.